The van der Waals surface area contributed by atoms with E-state index in [-0.39, 0.29) is 17.2 Å². The lowest BCUT2D eigenvalue weighted by Crippen LogP contribution is -2.35. The van der Waals surface area contributed by atoms with Crippen molar-refractivity contribution in [2.45, 2.75) is 84.6 Å². The van der Waals surface area contributed by atoms with E-state index in [1.54, 1.807) is 6.92 Å². The molecule has 0 saturated carbocycles. The number of nitrogens with zero attached hydrogens (tertiary/aromatic N) is 4. The molecular weight excluding hydrogens is 450 g/mol. The molecule has 0 aliphatic rings. The molecule has 0 amide bonds. The predicted octanol–water partition coefficient (Wildman–Crippen LogP) is 6.08. The van der Waals surface area contributed by atoms with Crippen LogP contribution in [0.25, 0.3) is 0 Å². The largest absolute Gasteiger partial charge is 0.464 e. The summed E-state index contributed by atoms with van der Waals surface area (Å²) in [5.41, 5.74) is 1.02. The molecule has 0 bridgehead atoms. The third kappa shape index (κ3) is 10.2. The molecule has 0 radical (unpaired) electrons. The van der Waals surface area contributed by atoms with Gasteiger partial charge in [0, 0.05) is 19.5 Å². The minimum atomic E-state index is -0.628. The van der Waals surface area contributed by atoms with Crippen LogP contribution in [0.2, 0.25) is 5.28 Å². The fraction of sp³-hybridized carbons (Fsp3) is 0.615. The first-order valence-corrected chi connectivity index (χ1v) is 13.1. The number of hydrogen-bond acceptors (Lipinski definition) is 7. The van der Waals surface area contributed by atoms with Crippen LogP contribution in [-0.4, -0.2) is 46.7 Å². The zero-order valence-electron chi connectivity index (χ0n) is 20.9. The fourth-order valence-corrected chi connectivity index (χ4v) is 3.91. The zero-order chi connectivity index (χ0) is 24.6. The van der Waals surface area contributed by atoms with Crippen molar-refractivity contribution >= 4 is 29.5 Å². The number of halogens is 1. The van der Waals surface area contributed by atoms with Crippen LogP contribution in [0.15, 0.2) is 30.3 Å². The van der Waals surface area contributed by atoms with Gasteiger partial charge in [0.05, 0.1) is 6.61 Å². The van der Waals surface area contributed by atoms with Crippen LogP contribution >= 0.6 is 11.6 Å². The van der Waals surface area contributed by atoms with Gasteiger partial charge in [-0.25, -0.2) is 4.79 Å². The molecule has 7 nitrogen and oxygen atoms in total. The maximum Gasteiger partial charge on any atom is 0.328 e. The second-order valence-electron chi connectivity index (χ2n) is 8.48. The predicted molar refractivity (Wildman–Crippen MR) is 140 cm³/mol. The molecule has 1 atom stereocenters. The molecule has 0 saturated heterocycles. The summed E-state index contributed by atoms with van der Waals surface area (Å²) in [6.07, 6.45) is 9.78. The first-order valence-electron chi connectivity index (χ1n) is 12.7. The molecule has 2 aromatic rings. The Morgan fingerprint density at radius 1 is 0.941 bits per heavy atom. The van der Waals surface area contributed by atoms with Gasteiger partial charge in [0.1, 0.15) is 6.04 Å². The molecular formula is C26H40ClN5O2. The van der Waals surface area contributed by atoms with Gasteiger partial charge >= 0.3 is 5.97 Å². The summed E-state index contributed by atoms with van der Waals surface area (Å²) in [5.74, 6) is 0.495. The third-order valence-electron chi connectivity index (χ3n) is 5.60. The highest BCUT2D eigenvalue weighted by atomic mass is 35.5. The molecule has 0 fully saturated rings. The molecule has 1 heterocycles. The molecule has 1 N–H and O–H groups in total. The molecule has 0 aliphatic carbocycles. The number of rotatable bonds is 17. The summed E-state index contributed by atoms with van der Waals surface area (Å²) in [7, 11) is 0. The normalized spacial score (nSPS) is 11.8. The molecule has 0 spiro atoms. The van der Waals surface area contributed by atoms with Gasteiger partial charge in [-0.1, -0.05) is 82.7 Å². The van der Waals surface area contributed by atoms with E-state index in [4.69, 9.17) is 16.3 Å². The number of carbonyl (C=O) groups is 1. The zero-order valence-corrected chi connectivity index (χ0v) is 21.7. The number of unbranched alkanes of at least 4 members (excludes halogenated alkanes) is 6. The Bertz CT molecular complexity index is 825. The van der Waals surface area contributed by atoms with Crippen molar-refractivity contribution < 1.29 is 9.53 Å². The quantitative estimate of drug-likeness (QED) is 0.213. The Morgan fingerprint density at radius 3 is 2.18 bits per heavy atom. The van der Waals surface area contributed by atoms with E-state index >= 15 is 0 Å². The van der Waals surface area contributed by atoms with Gasteiger partial charge in [-0.15, -0.1) is 0 Å². The fourth-order valence-electron chi connectivity index (χ4n) is 3.76. The van der Waals surface area contributed by atoms with Crippen LogP contribution in [0.1, 0.15) is 77.7 Å². The number of nitrogens with one attached hydrogen (secondary N) is 1. The summed E-state index contributed by atoms with van der Waals surface area (Å²) in [6, 6.07) is 9.18. The van der Waals surface area contributed by atoms with Gasteiger partial charge < -0.3 is 15.0 Å². The van der Waals surface area contributed by atoms with Crippen molar-refractivity contribution in [3.63, 3.8) is 0 Å². The Morgan fingerprint density at radius 2 is 1.59 bits per heavy atom. The minimum absolute atomic E-state index is 0.113. The molecule has 0 unspecified atom stereocenters. The van der Waals surface area contributed by atoms with Gasteiger partial charge in [0.2, 0.25) is 17.2 Å². The number of benzene rings is 1. The van der Waals surface area contributed by atoms with Crippen molar-refractivity contribution in [1.29, 1.82) is 0 Å². The highest BCUT2D eigenvalue weighted by molar-refractivity contribution is 6.28. The molecule has 1 aromatic carbocycles. The number of anilines is 2. The summed E-state index contributed by atoms with van der Waals surface area (Å²) < 4.78 is 5.29. The highest BCUT2D eigenvalue weighted by Crippen LogP contribution is 2.18. The van der Waals surface area contributed by atoms with Crippen molar-refractivity contribution in [3.8, 4) is 0 Å². The SMILES string of the molecule is CCCCCCN(CCCCCC)c1nc(Cl)nc(N[C@@H](Cc2ccccc2)C(=O)OCC)n1. The Hall–Kier alpha value is -2.41. The number of carbonyl (C=O) groups excluding carboxylic acids is 1. The van der Waals surface area contributed by atoms with Crippen LogP contribution in [0.3, 0.4) is 0 Å². The highest BCUT2D eigenvalue weighted by Gasteiger charge is 2.23. The van der Waals surface area contributed by atoms with Crippen molar-refractivity contribution in [3.05, 3.63) is 41.2 Å². The van der Waals surface area contributed by atoms with Gasteiger partial charge in [0.25, 0.3) is 0 Å². The van der Waals surface area contributed by atoms with Crippen LogP contribution in [0.5, 0.6) is 0 Å². The standard InChI is InChI=1S/C26H40ClN5O2/c1-4-7-9-14-18-32(19-15-10-8-5-2)26-30-24(27)29-25(31-26)28-22(23(33)34-6-3)20-21-16-12-11-13-17-21/h11-13,16-17,22H,4-10,14-15,18-20H2,1-3H3,(H,28,29,30,31)/t22-/m0/s1. The lowest BCUT2D eigenvalue weighted by atomic mass is 10.1. The van der Waals surface area contributed by atoms with E-state index in [1.807, 2.05) is 30.3 Å². The summed E-state index contributed by atoms with van der Waals surface area (Å²) in [6.45, 7) is 8.26. The smallest absolute Gasteiger partial charge is 0.328 e. The van der Waals surface area contributed by atoms with Crippen molar-refractivity contribution in [2.24, 2.45) is 0 Å². The number of ether oxygens (including phenoxy) is 1. The van der Waals surface area contributed by atoms with Gasteiger partial charge in [-0.2, -0.15) is 15.0 Å². The maximum absolute atomic E-state index is 12.7. The van der Waals surface area contributed by atoms with E-state index in [0.717, 1.165) is 31.5 Å². The molecule has 34 heavy (non-hydrogen) atoms. The van der Waals surface area contributed by atoms with E-state index in [9.17, 15) is 4.79 Å². The van der Waals surface area contributed by atoms with Crippen LogP contribution < -0.4 is 10.2 Å². The number of esters is 1. The minimum Gasteiger partial charge on any atom is -0.464 e. The average molecular weight is 490 g/mol. The third-order valence-corrected chi connectivity index (χ3v) is 5.77. The Kier molecular flexibility index (Phi) is 13.3. The summed E-state index contributed by atoms with van der Waals surface area (Å²) >= 11 is 6.30. The first-order chi connectivity index (χ1) is 16.6. The van der Waals surface area contributed by atoms with E-state index in [1.165, 1.54) is 38.5 Å². The van der Waals surface area contributed by atoms with Gasteiger partial charge in [0.15, 0.2) is 0 Å². The summed E-state index contributed by atoms with van der Waals surface area (Å²) in [4.78, 5) is 28.2. The van der Waals surface area contributed by atoms with E-state index < -0.39 is 6.04 Å². The maximum atomic E-state index is 12.7. The molecule has 0 aliphatic heterocycles. The van der Waals surface area contributed by atoms with Gasteiger partial charge in [-0.3, -0.25) is 0 Å². The monoisotopic (exact) mass is 489 g/mol. The molecule has 2 rings (SSSR count). The molecule has 8 heteroatoms. The van der Waals surface area contributed by atoms with Crippen LogP contribution in [0.4, 0.5) is 11.9 Å². The van der Waals surface area contributed by atoms with Crippen LogP contribution in [-0.2, 0) is 16.0 Å². The van der Waals surface area contributed by atoms with Crippen molar-refractivity contribution in [1.82, 2.24) is 15.0 Å². The molecule has 188 valence electrons. The Labute approximate surface area is 209 Å². The number of hydrogen-bond donors (Lipinski definition) is 1. The topological polar surface area (TPSA) is 80.2 Å². The second-order valence-corrected chi connectivity index (χ2v) is 8.81. The van der Waals surface area contributed by atoms with Crippen LogP contribution in [0, 0.1) is 0 Å². The lowest BCUT2D eigenvalue weighted by molar-refractivity contribution is -0.144. The average Bonchev–Trinajstić information content (AvgIpc) is 2.83. The Balaban J connectivity index is 2.19. The van der Waals surface area contributed by atoms with E-state index in [2.05, 4.69) is 39.0 Å². The van der Waals surface area contributed by atoms with E-state index in [0.29, 0.717) is 19.0 Å². The van der Waals surface area contributed by atoms with Crippen molar-refractivity contribution in [2.75, 3.05) is 29.9 Å². The lowest BCUT2D eigenvalue weighted by Gasteiger charge is -2.24. The summed E-state index contributed by atoms with van der Waals surface area (Å²) in [5, 5.41) is 3.27. The van der Waals surface area contributed by atoms with Gasteiger partial charge in [-0.05, 0) is 36.9 Å². The number of aromatic nitrogens is 3. The second kappa shape index (κ2) is 16.3. The first kappa shape index (κ1) is 27.8. The molecule has 1 aromatic heterocycles.